The maximum absolute atomic E-state index is 13.1. The van der Waals surface area contributed by atoms with Crippen LogP contribution in [0.1, 0.15) is 11.1 Å². The van der Waals surface area contributed by atoms with Crippen LogP contribution in [0, 0.1) is 6.92 Å². The van der Waals surface area contributed by atoms with Crippen molar-refractivity contribution in [1.29, 1.82) is 0 Å². The number of piperazine rings is 1. The highest BCUT2D eigenvalue weighted by molar-refractivity contribution is 7.89. The maximum atomic E-state index is 13.1. The number of aryl methyl sites for hydroxylation is 1. The van der Waals surface area contributed by atoms with E-state index in [1.807, 2.05) is 42.5 Å². The minimum atomic E-state index is -3.46. The molecule has 1 heterocycles. The topological polar surface area (TPSA) is 40.6 Å². The first-order valence-corrected chi connectivity index (χ1v) is 11.4. The molecule has 1 saturated heterocycles. The fraction of sp³-hybridized carbons (Fsp3) is 0.250. The number of sulfonamides is 1. The van der Waals surface area contributed by atoms with Gasteiger partial charge in [-0.05, 0) is 35.7 Å². The number of benzene rings is 3. The zero-order valence-corrected chi connectivity index (χ0v) is 17.5. The summed E-state index contributed by atoms with van der Waals surface area (Å²) in [7, 11) is -3.46. The molecule has 4 rings (SSSR count). The van der Waals surface area contributed by atoms with Crippen molar-refractivity contribution < 1.29 is 8.42 Å². The molecule has 1 aliphatic rings. The van der Waals surface area contributed by atoms with Crippen LogP contribution in [0.2, 0.25) is 0 Å². The number of hydrogen-bond acceptors (Lipinski definition) is 3. The highest BCUT2D eigenvalue weighted by atomic mass is 32.2. The molecule has 0 spiro atoms. The average Bonchev–Trinajstić information content (AvgIpc) is 2.75. The molecule has 0 saturated carbocycles. The van der Waals surface area contributed by atoms with Crippen LogP contribution in [0.15, 0.2) is 83.8 Å². The smallest absolute Gasteiger partial charge is 0.243 e. The summed E-state index contributed by atoms with van der Waals surface area (Å²) in [5, 5.41) is 0. The van der Waals surface area contributed by atoms with Gasteiger partial charge in [-0.1, -0.05) is 72.3 Å². The van der Waals surface area contributed by atoms with Gasteiger partial charge < -0.3 is 0 Å². The summed E-state index contributed by atoms with van der Waals surface area (Å²) in [6.45, 7) is 5.49. The molecule has 0 N–H and O–H groups in total. The summed E-state index contributed by atoms with van der Waals surface area (Å²) >= 11 is 0. The van der Waals surface area contributed by atoms with E-state index in [0.29, 0.717) is 18.0 Å². The molecule has 0 aliphatic carbocycles. The van der Waals surface area contributed by atoms with E-state index < -0.39 is 10.0 Å². The second-order valence-electron chi connectivity index (χ2n) is 7.56. The fourth-order valence-electron chi connectivity index (χ4n) is 3.80. The number of hydrogen-bond donors (Lipinski definition) is 0. The third-order valence-electron chi connectivity index (χ3n) is 5.42. The van der Waals surface area contributed by atoms with Crippen LogP contribution in [-0.4, -0.2) is 43.8 Å². The van der Waals surface area contributed by atoms with Gasteiger partial charge in [0.05, 0.1) is 4.90 Å². The predicted octanol–water partition coefficient (Wildman–Crippen LogP) is 4.17. The lowest BCUT2D eigenvalue weighted by Gasteiger charge is -2.34. The Labute approximate surface area is 173 Å². The molecule has 0 atom stereocenters. The Morgan fingerprint density at radius 1 is 0.759 bits per heavy atom. The van der Waals surface area contributed by atoms with Gasteiger partial charge in [-0.25, -0.2) is 8.42 Å². The second kappa shape index (κ2) is 8.49. The average molecular weight is 407 g/mol. The summed E-state index contributed by atoms with van der Waals surface area (Å²) in [6.07, 6.45) is 0. The lowest BCUT2D eigenvalue weighted by molar-refractivity contribution is 0.181. The minimum Gasteiger partial charge on any atom is -0.296 e. The molecule has 3 aromatic carbocycles. The molecule has 1 aliphatic heterocycles. The summed E-state index contributed by atoms with van der Waals surface area (Å²) in [4.78, 5) is 2.68. The van der Waals surface area contributed by atoms with Crippen molar-refractivity contribution >= 4 is 10.0 Å². The highest BCUT2D eigenvalue weighted by Gasteiger charge is 2.28. The van der Waals surface area contributed by atoms with Crippen LogP contribution in [0.5, 0.6) is 0 Å². The lowest BCUT2D eigenvalue weighted by atomic mass is 10.1. The third-order valence-corrected chi connectivity index (χ3v) is 7.33. The highest BCUT2D eigenvalue weighted by Crippen LogP contribution is 2.23. The van der Waals surface area contributed by atoms with Gasteiger partial charge in [-0.2, -0.15) is 4.31 Å². The summed E-state index contributed by atoms with van der Waals surface area (Å²) < 4.78 is 27.7. The number of rotatable bonds is 5. The summed E-state index contributed by atoms with van der Waals surface area (Å²) in [6, 6.07) is 25.7. The predicted molar refractivity (Wildman–Crippen MR) is 117 cm³/mol. The zero-order chi connectivity index (χ0) is 20.3. The molecule has 0 unspecified atom stereocenters. The van der Waals surface area contributed by atoms with Gasteiger partial charge in [-0.15, -0.1) is 0 Å². The van der Waals surface area contributed by atoms with Crippen LogP contribution in [0.25, 0.3) is 11.1 Å². The standard InChI is InChI=1S/C24H26N2O2S/c1-20-6-5-7-21(18-20)19-25-14-16-26(17-15-25)29(27,28)24-12-10-23(11-13-24)22-8-3-2-4-9-22/h2-13,18H,14-17,19H2,1H3. The Morgan fingerprint density at radius 2 is 1.41 bits per heavy atom. The van der Waals surface area contributed by atoms with Crippen LogP contribution >= 0.6 is 0 Å². The van der Waals surface area contributed by atoms with Gasteiger partial charge in [-0.3, -0.25) is 4.90 Å². The monoisotopic (exact) mass is 406 g/mol. The van der Waals surface area contributed by atoms with E-state index in [0.717, 1.165) is 30.8 Å². The van der Waals surface area contributed by atoms with Crippen molar-refractivity contribution in [2.24, 2.45) is 0 Å². The van der Waals surface area contributed by atoms with Gasteiger partial charge in [0.25, 0.3) is 0 Å². The summed E-state index contributed by atoms with van der Waals surface area (Å²) in [5.41, 5.74) is 4.63. The van der Waals surface area contributed by atoms with Crippen molar-refractivity contribution in [3.63, 3.8) is 0 Å². The second-order valence-corrected chi connectivity index (χ2v) is 9.50. The Kier molecular flexibility index (Phi) is 5.81. The molecule has 3 aromatic rings. The van der Waals surface area contributed by atoms with Gasteiger partial charge >= 0.3 is 0 Å². The van der Waals surface area contributed by atoms with Crippen LogP contribution < -0.4 is 0 Å². The zero-order valence-electron chi connectivity index (χ0n) is 16.7. The maximum Gasteiger partial charge on any atom is 0.243 e. The molecule has 29 heavy (non-hydrogen) atoms. The summed E-state index contributed by atoms with van der Waals surface area (Å²) in [5.74, 6) is 0. The van der Waals surface area contributed by atoms with E-state index >= 15 is 0 Å². The molecular weight excluding hydrogens is 380 g/mol. The van der Waals surface area contributed by atoms with Crippen molar-refractivity contribution in [1.82, 2.24) is 9.21 Å². The molecule has 4 nitrogen and oxygen atoms in total. The molecule has 1 fully saturated rings. The Hall–Kier alpha value is -2.47. The SMILES string of the molecule is Cc1cccc(CN2CCN(S(=O)(=O)c3ccc(-c4ccccc4)cc3)CC2)c1. The first kappa shape index (κ1) is 19.8. The van der Waals surface area contributed by atoms with Crippen molar-refractivity contribution in [2.75, 3.05) is 26.2 Å². The van der Waals surface area contributed by atoms with Crippen LogP contribution in [0.3, 0.4) is 0 Å². The van der Waals surface area contributed by atoms with Gasteiger partial charge in [0, 0.05) is 32.7 Å². The van der Waals surface area contributed by atoms with E-state index in [4.69, 9.17) is 0 Å². The third kappa shape index (κ3) is 4.58. The molecule has 0 radical (unpaired) electrons. The Bertz CT molecular complexity index is 1060. The Morgan fingerprint density at radius 3 is 2.07 bits per heavy atom. The normalized spacial score (nSPS) is 16.0. The number of nitrogens with zero attached hydrogens (tertiary/aromatic N) is 2. The van der Waals surface area contributed by atoms with E-state index in [1.165, 1.54) is 11.1 Å². The molecule has 0 aromatic heterocycles. The van der Waals surface area contributed by atoms with Gasteiger partial charge in [0.1, 0.15) is 0 Å². The van der Waals surface area contributed by atoms with E-state index in [-0.39, 0.29) is 0 Å². The molecule has 0 bridgehead atoms. The fourth-order valence-corrected chi connectivity index (χ4v) is 5.22. The Balaban J connectivity index is 1.41. The van der Waals surface area contributed by atoms with Crippen molar-refractivity contribution in [2.45, 2.75) is 18.4 Å². The quantitative estimate of drug-likeness (QED) is 0.639. The van der Waals surface area contributed by atoms with Crippen LogP contribution in [0.4, 0.5) is 0 Å². The molecule has 5 heteroatoms. The van der Waals surface area contributed by atoms with Gasteiger partial charge in [0.2, 0.25) is 10.0 Å². The molecular formula is C24H26N2O2S. The first-order valence-electron chi connectivity index (χ1n) is 9.96. The van der Waals surface area contributed by atoms with Crippen LogP contribution in [-0.2, 0) is 16.6 Å². The van der Waals surface area contributed by atoms with Crippen molar-refractivity contribution in [3.8, 4) is 11.1 Å². The van der Waals surface area contributed by atoms with Crippen molar-refractivity contribution in [3.05, 3.63) is 90.0 Å². The molecule has 150 valence electrons. The first-order chi connectivity index (χ1) is 14.0. The molecule has 0 amide bonds. The lowest BCUT2D eigenvalue weighted by Crippen LogP contribution is -2.48. The van der Waals surface area contributed by atoms with E-state index in [1.54, 1.807) is 16.4 Å². The minimum absolute atomic E-state index is 0.365. The van der Waals surface area contributed by atoms with E-state index in [9.17, 15) is 8.42 Å². The van der Waals surface area contributed by atoms with Gasteiger partial charge in [0.15, 0.2) is 0 Å². The largest absolute Gasteiger partial charge is 0.296 e. The van der Waals surface area contributed by atoms with E-state index in [2.05, 4.69) is 36.1 Å².